The van der Waals surface area contributed by atoms with Crippen LogP contribution in [0.1, 0.15) is 36.7 Å². The average Bonchev–Trinajstić information content (AvgIpc) is 2.29. The smallest absolute Gasteiger partial charge is 0.188 e. The molecule has 0 heterocycles. The molecule has 0 N–H and O–H groups in total. The van der Waals surface area contributed by atoms with Crippen molar-refractivity contribution in [1.29, 1.82) is 0 Å². The first kappa shape index (κ1) is 13.5. The van der Waals surface area contributed by atoms with E-state index in [0.29, 0.717) is 18.1 Å². The Kier molecular flexibility index (Phi) is 5.47. The van der Waals surface area contributed by atoms with Gasteiger partial charge in [0, 0.05) is 11.6 Å². The molecule has 17 heavy (non-hydrogen) atoms. The van der Waals surface area contributed by atoms with Crippen molar-refractivity contribution in [3.63, 3.8) is 0 Å². The van der Waals surface area contributed by atoms with Crippen LogP contribution in [0.15, 0.2) is 36.6 Å². The summed E-state index contributed by atoms with van der Waals surface area (Å²) >= 11 is 0. The Bertz CT molecular complexity index is 374. The number of benzene rings is 1. The minimum Gasteiger partial charge on any atom is -0.501 e. The molecular weight excluding hydrogens is 212 g/mol. The summed E-state index contributed by atoms with van der Waals surface area (Å²) in [6.45, 7) is 6.83. The number of hydrogen-bond donors (Lipinski definition) is 0. The number of rotatable bonds is 6. The average molecular weight is 232 g/mol. The Labute approximate surface area is 103 Å². The summed E-state index contributed by atoms with van der Waals surface area (Å²) in [4.78, 5) is 11.7. The molecule has 0 radical (unpaired) electrons. The van der Waals surface area contributed by atoms with Crippen LogP contribution in [0, 0.1) is 5.92 Å². The van der Waals surface area contributed by atoms with Gasteiger partial charge < -0.3 is 4.74 Å². The zero-order valence-corrected chi connectivity index (χ0v) is 10.8. The third-order valence-corrected chi connectivity index (χ3v) is 2.36. The molecule has 0 fully saturated rings. The highest BCUT2D eigenvalue weighted by atomic mass is 16.5. The largest absolute Gasteiger partial charge is 0.501 e. The van der Waals surface area contributed by atoms with Gasteiger partial charge >= 0.3 is 0 Å². The molecule has 1 rings (SSSR count). The molecule has 0 aliphatic carbocycles. The summed E-state index contributed by atoms with van der Waals surface area (Å²) in [5.74, 6) is 0.615. The first-order valence-electron chi connectivity index (χ1n) is 6.05. The van der Waals surface area contributed by atoms with E-state index in [1.807, 2.05) is 31.2 Å². The number of hydrogen-bond acceptors (Lipinski definition) is 2. The van der Waals surface area contributed by atoms with Crippen LogP contribution in [0.3, 0.4) is 0 Å². The van der Waals surface area contributed by atoms with E-state index in [2.05, 4.69) is 13.8 Å². The lowest BCUT2D eigenvalue weighted by Crippen LogP contribution is -1.97. The predicted molar refractivity (Wildman–Crippen MR) is 70.1 cm³/mol. The van der Waals surface area contributed by atoms with Crippen LogP contribution in [0.4, 0.5) is 0 Å². The minimum absolute atomic E-state index is 0.0189. The third kappa shape index (κ3) is 4.85. The standard InChI is InChI=1S/C15H20O2/c1-4-17-10-9-15(16)14-7-5-13(6-8-14)11-12(2)3/h5-10,12H,4,11H2,1-3H3. The molecule has 0 bridgehead atoms. The molecule has 0 spiro atoms. The monoisotopic (exact) mass is 232 g/mol. The Morgan fingerprint density at radius 3 is 2.47 bits per heavy atom. The molecule has 2 nitrogen and oxygen atoms in total. The number of allylic oxidation sites excluding steroid dienone is 1. The van der Waals surface area contributed by atoms with E-state index >= 15 is 0 Å². The number of carbonyl (C=O) groups excluding carboxylic acids is 1. The predicted octanol–water partition coefficient (Wildman–Crippen LogP) is 3.62. The fraction of sp³-hybridized carbons (Fsp3) is 0.400. The van der Waals surface area contributed by atoms with Crippen LogP contribution < -0.4 is 0 Å². The molecule has 0 amide bonds. The molecule has 1 aromatic rings. The lowest BCUT2D eigenvalue weighted by atomic mass is 10.0. The molecular formula is C15H20O2. The first-order valence-corrected chi connectivity index (χ1v) is 6.05. The molecule has 1 aromatic carbocycles. The van der Waals surface area contributed by atoms with Gasteiger partial charge in [-0.05, 0) is 24.8 Å². The topological polar surface area (TPSA) is 26.3 Å². The fourth-order valence-electron chi connectivity index (χ4n) is 1.58. The van der Waals surface area contributed by atoms with Gasteiger partial charge in [0.15, 0.2) is 5.78 Å². The van der Waals surface area contributed by atoms with Crippen molar-refractivity contribution in [2.45, 2.75) is 27.2 Å². The summed E-state index contributed by atoms with van der Waals surface area (Å²) in [6, 6.07) is 7.77. The van der Waals surface area contributed by atoms with E-state index in [1.165, 1.54) is 17.9 Å². The quantitative estimate of drug-likeness (QED) is 0.425. The van der Waals surface area contributed by atoms with Gasteiger partial charge in [-0.1, -0.05) is 38.1 Å². The number of carbonyl (C=O) groups is 1. The van der Waals surface area contributed by atoms with Crippen LogP contribution in [0.5, 0.6) is 0 Å². The highest BCUT2D eigenvalue weighted by Crippen LogP contribution is 2.10. The second-order valence-corrected chi connectivity index (χ2v) is 4.42. The molecule has 0 aliphatic rings. The number of ketones is 1. The van der Waals surface area contributed by atoms with Crippen molar-refractivity contribution in [2.24, 2.45) is 5.92 Å². The van der Waals surface area contributed by atoms with E-state index in [9.17, 15) is 4.79 Å². The first-order chi connectivity index (χ1) is 8.13. The van der Waals surface area contributed by atoms with E-state index < -0.39 is 0 Å². The van der Waals surface area contributed by atoms with Gasteiger partial charge in [-0.15, -0.1) is 0 Å². The highest BCUT2D eigenvalue weighted by molar-refractivity contribution is 6.04. The van der Waals surface area contributed by atoms with Crippen molar-refractivity contribution in [1.82, 2.24) is 0 Å². The van der Waals surface area contributed by atoms with E-state index in [0.717, 1.165) is 6.42 Å². The van der Waals surface area contributed by atoms with Gasteiger partial charge in [0.2, 0.25) is 0 Å². The van der Waals surface area contributed by atoms with Crippen molar-refractivity contribution in [3.8, 4) is 0 Å². The van der Waals surface area contributed by atoms with Crippen molar-refractivity contribution in [3.05, 3.63) is 47.7 Å². The SMILES string of the molecule is CCOC=CC(=O)c1ccc(CC(C)C)cc1. The summed E-state index contributed by atoms with van der Waals surface area (Å²) in [5, 5.41) is 0. The lowest BCUT2D eigenvalue weighted by molar-refractivity contribution is 0.104. The van der Waals surface area contributed by atoms with E-state index in [-0.39, 0.29) is 5.78 Å². The molecule has 0 aliphatic heterocycles. The van der Waals surface area contributed by atoms with Gasteiger partial charge in [0.25, 0.3) is 0 Å². The Morgan fingerprint density at radius 1 is 1.29 bits per heavy atom. The summed E-state index contributed by atoms with van der Waals surface area (Å²) in [6.07, 6.45) is 3.95. The van der Waals surface area contributed by atoms with Gasteiger partial charge in [-0.2, -0.15) is 0 Å². The Balaban J connectivity index is 2.64. The second kappa shape index (κ2) is 6.89. The molecule has 2 heteroatoms. The van der Waals surface area contributed by atoms with Crippen molar-refractivity contribution in [2.75, 3.05) is 6.61 Å². The third-order valence-electron chi connectivity index (χ3n) is 2.36. The fourth-order valence-corrected chi connectivity index (χ4v) is 1.58. The van der Waals surface area contributed by atoms with Crippen LogP contribution in [0.2, 0.25) is 0 Å². The maximum Gasteiger partial charge on any atom is 0.188 e. The van der Waals surface area contributed by atoms with Gasteiger partial charge in [0.1, 0.15) is 0 Å². The summed E-state index contributed by atoms with van der Waals surface area (Å²) in [5.41, 5.74) is 1.97. The zero-order valence-electron chi connectivity index (χ0n) is 10.8. The normalized spacial score (nSPS) is 11.1. The van der Waals surface area contributed by atoms with E-state index in [4.69, 9.17) is 4.74 Å². The van der Waals surface area contributed by atoms with E-state index in [1.54, 1.807) is 0 Å². The maximum absolute atomic E-state index is 11.7. The van der Waals surface area contributed by atoms with Crippen LogP contribution in [0.25, 0.3) is 0 Å². The second-order valence-electron chi connectivity index (χ2n) is 4.42. The van der Waals surface area contributed by atoms with Gasteiger partial charge in [-0.25, -0.2) is 0 Å². The van der Waals surface area contributed by atoms with Crippen LogP contribution in [-0.2, 0) is 11.2 Å². The molecule has 0 saturated heterocycles. The highest BCUT2D eigenvalue weighted by Gasteiger charge is 2.02. The number of ether oxygens (including phenoxy) is 1. The minimum atomic E-state index is -0.0189. The zero-order chi connectivity index (χ0) is 12.7. The summed E-state index contributed by atoms with van der Waals surface area (Å²) < 4.78 is 5.00. The Hall–Kier alpha value is -1.57. The maximum atomic E-state index is 11.7. The molecule has 0 atom stereocenters. The van der Waals surface area contributed by atoms with Gasteiger partial charge in [-0.3, -0.25) is 4.79 Å². The van der Waals surface area contributed by atoms with Crippen LogP contribution in [-0.4, -0.2) is 12.4 Å². The summed E-state index contributed by atoms with van der Waals surface area (Å²) in [7, 11) is 0. The van der Waals surface area contributed by atoms with Crippen molar-refractivity contribution < 1.29 is 9.53 Å². The molecule has 0 aromatic heterocycles. The molecule has 92 valence electrons. The molecule has 0 saturated carbocycles. The van der Waals surface area contributed by atoms with Crippen LogP contribution >= 0.6 is 0 Å². The van der Waals surface area contributed by atoms with Gasteiger partial charge in [0.05, 0.1) is 12.9 Å². The molecule has 0 unspecified atom stereocenters. The Morgan fingerprint density at radius 2 is 1.94 bits per heavy atom. The van der Waals surface area contributed by atoms with Crippen molar-refractivity contribution >= 4 is 5.78 Å². The lowest BCUT2D eigenvalue weighted by Gasteiger charge is -2.05.